The average molecular weight is 224 g/mol. The van der Waals surface area contributed by atoms with Crippen LogP contribution in [-0.2, 0) is 5.88 Å². The fourth-order valence-corrected chi connectivity index (χ4v) is 2.48. The van der Waals surface area contributed by atoms with Crippen molar-refractivity contribution < 1.29 is 0 Å². The number of alkyl halides is 1. The monoisotopic (exact) mass is 223 g/mol. The molecule has 2 atom stereocenters. The standard InChI is InChI=1S/C13H18ClN/c1-10-8-15(9-11(10)2)13-6-4-3-5-12(13)7-14/h3-6,10-11H,7-9H2,1-2H3. The van der Waals surface area contributed by atoms with Crippen LogP contribution in [0.4, 0.5) is 5.69 Å². The molecule has 1 heterocycles. The molecule has 1 fully saturated rings. The molecular weight excluding hydrogens is 206 g/mol. The van der Waals surface area contributed by atoms with E-state index in [9.17, 15) is 0 Å². The topological polar surface area (TPSA) is 3.24 Å². The smallest absolute Gasteiger partial charge is 0.0494 e. The third kappa shape index (κ3) is 2.12. The van der Waals surface area contributed by atoms with Gasteiger partial charge in [-0.3, -0.25) is 0 Å². The molecule has 0 N–H and O–H groups in total. The minimum Gasteiger partial charge on any atom is -0.371 e. The fourth-order valence-electron chi connectivity index (χ4n) is 2.26. The zero-order valence-corrected chi connectivity index (χ0v) is 10.2. The molecule has 82 valence electrons. The molecule has 2 heteroatoms. The normalized spacial score (nSPS) is 25.9. The van der Waals surface area contributed by atoms with E-state index in [-0.39, 0.29) is 0 Å². The van der Waals surface area contributed by atoms with Crippen molar-refractivity contribution in [1.29, 1.82) is 0 Å². The fraction of sp³-hybridized carbons (Fsp3) is 0.538. The second-order valence-corrected chi connectivity index (χ2v) is 4.89. The molecule has 1 nitrogen and oxygen atoms in total. The first-order valence-electron chi connectivity index (χ1n) is 5.61. The maximum absolute atomic E-state index is 5.96. The minimum absolute atomic E-state index is 0.607. The first-order chi connectivity index (χ1) is 7.22. The molecule has 0 bridgehead atoms. The van der Waals surface area contributed by atoms with Gasteiger partial charge in [-0.1, -0.05) is 32.0 Å². The SMILES string of the molecule is CC1CN(c2ccccc2CCl)CC1C. The van der Waals surface area contributed by atoms with Crippen LogP contribution in [0.25, 0.3) is 0 Å². The second-order valence-electron chi connectivity index (χ2n) is 4.62. The Labute approximate surface area is 97.0 Å². The maximum Gasteiger partial charge on any atom is 0.0494 e. The predicted molar refractivity (Wildman–Crippen MR) is 66.5 cm³/mol. The summed E-state index contributed by atoms with van der Waals surface area (Å²) in [5.74, 6) is 2.18. The van der Waals surface area contributed by atoms with E-state index in [2.05, 4.69) is 43.0 Å². The van der Waals surface area contributed by atoms with Gasteiger partial charge in [0.1, 0.15) is 0 Å². The lowest BCUT2D eigenvalue weighted by Gasteiger charge is -2.21. The molecule has 1 aliphatic rings. The Balaban J connectivity index is 2.23. The summed E-state index contributed by atoms with van der Waals surface area (Å²) in [5.41, 5.74) is 2.57. The molecular formula is C13H18ClN. The molecule has 0 amide bonds. The van der Waals surface area contributed by atoms with E-state index in [4.69, 9.17) is 11.6 Å². The number of anilines is 1. The highest BCUT2D eigenvalue weighted by Crippen LogP contribution is 2.30. The lowest BCUT2D eigenvalue weighted by Crippen LogP contribution is -2.20. The van der Waals surface area contributed by atoms with Crippen molar-refractivity contribution in [2.45, 2.75) is 19.7 Å². The highest BCUT2D eigenvalue weighted by molar-refractivity contribution is 6.17. The van der Waals surface area contributed by atoms with Crippen molar-refractivity contribution in [1.82, 2.24) is 0 Å². The number of benzene rings is 1. The van der Waals surface area contributed by atoms with Gasteiger partial charge in [-0.2, -0.15) is 0 Å². The maximum atomic E-state index is 5.96. The van der Waals surface area contributed by atoms with Crippen LogP contribution in [-0.4, -0.2) is 13.1 Å². The highest BCUT2D eigenvalue weighted by atomic mass is 35.5. The van der Waals surface area contributed by atoms with Crippen LogP contribution in [0.3, 0.4) is 0 Å². The average Bonchev–Trinajstić information content (AvgIpc) is 2.59. The zero-order chi connectivity index (χ0) is 10.8. The first-order valence-corrected chi connectivity index (χ1v) is 6.14. The Morgan fingerprint density at radius 3 is 2.40 bits per heavy atom. The van der Waals surface area contributed by atoms with E-state index in [0.717, 1.165) is 24.9 Å². The number of rotatable bonds is 2. The van der Waals surface area contributed by atoms with Gasteiger partial charge in [0.2, 0.25) is 0 Å². The van der Waals surface area contributed by atoms with Crippen LogP contribution < -0.4 is 4.90 Å². The summed E-state index contributed by atoms with van der Waals surface area (Å²) in [7, 11) is 0. The van der Waals surface area contributed by atoms with Gasteiger partial charge in [-0.05, 0) is 23.5 Å². The lowest BCUT2D eigenvalue weighted by atomic mass is 10.0. The van der Waals surface area contributed by atoms with E-state index >= 15 is 0 Å². The van der Waals surface area contributed by atoms with Gasteiger partial charge in [0.15, 0.2) is 0 Å². The number of hydrogen-bond donors (Lipinski definition) is 0. The Morgan fingerprint density at radius 1 is 1.20 bits per heavy atom. The van der Waals surface area contributed by atoms with Crippen molar-refractivity contribution in [3.8, 4) is 0 Å². The van der Waals surface area contributed by atoms with Gasteiger partial charge >= 0.3 is 0 Å². The minimum atomic E-state index is 0.607. The number of para-hydroxylation sites is 1. The third-order valence-electron chi connectivity index (χ3n) is 3.46. The molecule has 1 aliphatic heterocycles. The van der Waals surface area contributed by atoms with Gasteiger partial charge in [-0.15, -0.1) is 11.6 Å². The summed E-state index contributed by atoms with van der Waals surface area (Å²) in [6.07, 6.45) is 0. The Morgan fingerprint density at radius 2 is 1.80 bits per heavy atom. The molecule has 0 saturated carbocycles. The van der Waals surface area contributed by atoms with Crippen molar-refractivity contribution in [3.63, 3.8) is 0 Å². The molecule has 1 saturated heterocycles. The van der Waals surface area contributed by atoms with Crippen LogP contribution in [0.2, 0.25) is 0 Å². The molecule has 2 unspecified atom stereocenters. The number of hydrogen-bond acceptors (Lipinski definition) is 1. The molecule has 15 heavy (non-hydrogen) atoms. The van der Waals surface area contributed by atoms with Crippen molar-refractivity contribution in [2.75, 3.05) is 18.0 Å². The molecule has 0 aliphatic carbocycles. The van der Waals surface area contributed by atoms with E-state index in [0.29, 0.717) is 5.88 Å². The van der Waals surface area contributed by atoms with Gasteiger partial charge in [0.05, 0.1) is 0 Å². The second kappa shape index (κ2) is 4.44. The first kappa shape index (κ1) is 10.8. The predicted octanol–water partition coefficient (Wildman–Crippen LogP) is 3.52. The van der Waals surface area contributed by atoms with E-state index in [1.165, 1.54) is 11.3 Å². The lowest BCUT2D eigenvalue weighted by molar-refractivity contribution is 0.494. The molecule has 0 spiro atoms. The highest BCUT2D eigenvalue weighted by Gasteiger charge is 2.26. The van der Waals surface area contributed by atoms with E-state index in [1.807, 2.05) is 0 Å². The van der Waals surface area contributed by atoms with E-state index < -0.39 is 0 Å². The van der Waals surface area contributed by atoms with Crippen LogP contribution in [0, 0.1) is 11.8 Å². The Kier molecular flexibility index (Phi) is 3.20. The summed E-state index contributed by atoms with van der Waals surface area (Å²) in [6, 6.07) is 8.46. The quantitative estimate of drug-likeness (QED) is 0.694. The summed E-state index contributed by atoms with van der Waals surface area (Å²) in [4.78, 5) is 2.47. The van der Waals surface area contributed by atoms with Crippen LogP contribution in [0.1, 0.15) is 19.4 Å². The molecule has 1 aromatic carbocycles. The van der Waals surface area contributed by atoms with Crippen LogP contribution >= 0.6 is 11.6 Å². The summed E-state index contributed by atoms with van der Waals surface area (Å²) < 4.78 is 0. The molecule has 1 aromatic rings. The molecule has 0 aromatic heterocycles. The van der Waals surface area contributed by atoms with Gasteiger partial charge in [-0.25, -0.2) is 0 Å². The van der Waals surface area contributed by atoms with Crippen LogP contribution in [0.5, 0.6) is 0 Å². The Bertz CT molecular complexity index is 327. The summed E-state index contributed by atoms with van der Waals surface area (Å²) in [5, 5.41) is 0. The largest absolute Gasteiger partial charge is 0.371 e. The van der Waals surface area contributed by atoms with Crippen molar-refractivity contribution in [3.05, 3.63) is 29.8 Å². The summed E-state index contributed by atoms with van der Waals surface area (Å²) >= 11 is 5.96. The van der Waals surface area contributed by atoms with Crippen LogP contribution in [0.15, 0.2) is 24.3 Å². The van der Waals surface area contributed by atoms with Crippen molar-refractivity contribution >= 4 is 17.3 Å². The summed E-state index contributed by atoms with van der Waals surface area (Å²) in [6.45, 7) is 6.98. The number of nitrogens with zero attached hydrogens (tertiary/aromatic N) is 1. The van der Waals surface area contributed by atoms with Gasteiger partial charge < -0.3 is 4.90 Å². The van der Waals surface area contributed by atoms with Gasteiger partial charge in [0.25, 0.3) is 0 Å². The zero-order valence-electron chi connectivity index (χ0n) is 9.41. The van der Waals surface area contributed by atoms with Crippen molar-refractivity contribution in [2.24, 2.45) is 11.8 Å². The molecule has 0 radical (unpaired) electrons. The van der Waals surface area contributed by atoms with Gasteiger partial charge in [0, 0.05) is 24.7 Å². The molecule has 2 rings (SSSR count). The Hall–Kier alpha value is -0.690. The number of halogens is 1. The van der Waals surface area contributed by atoms with E-state index in [1.54, 1.807) is 0 Å². The third-order valence-corrected chi connectivity index (χ3v) is 3.75.